The SMILES string of the molecule is COc1cc(C(=O)NC(CC(F)(F)F)C(=O)O)cc(OC)c1C. The number of carboxylic acids is 1. The highest BCUT2D eigenvalue weighted by atomic mass is 19.4. The van der Waals surface area contributed by atoms with E-state index in [0.717, 1.165) is 0 Å². The molecule has 0 aliphatic carbocycles. The van der Waals surface area contributed by atoms with Gasteiger partial charge in [-0.3, -0.25) is 4.79 Å². The average molecular weight is 335 g/mol. The summed E-state index contributed by atoms with van der Waals surface area (Å²) in [6.07, 6.45) is -6.40. The smallest absolute Gasteiger partial charge is 0.391 e. The summed E-state index contributed by atoms with van der Waals surface area (Å²) in [4.78, 5) is 22.9. The van der Waals surface area contributed by atoms with Gasteiger partial charge in [-0.15, -0.1) is 0 Å². The number of amides is 1. The first kappa shape index (κ1) is 18.6. The first-order valence-electron chi connectivity index (χ1n) is 6.42. The topological polar surface area (TPSA) is 84.9 Å². The summed E-state index contributed by atoms with van der Waals surface area (Å²) in [6.45, 7) is 1.67. The molecule has 0 saturated heterocycles. The van der Waals surface area contributed by atoms with Gasteiger partial charge in [0.15, 0.2) is 0 Å². The number of carbonyl (C=O) groups is 2. The van der Waals surface area contributed by atoms with Crippen LogP contribution < -0.4 is 14.8 Å². The molecule has 0 aromatic heterocycles. The number of hydrogen-bond donors (Lipinski definition) is 2. The van der Waals surface area contributed by atoms with Crippen molar-refractivity contribution in [1.82, 2.24) is 5.32 Å². The third-order valence-electron chi connectivity index (χ3n) is 3.05. The molecule has 0 radical (unpaired) electrons. The fraction of sp³-hybridized carbons (Fsp3) is 0.429. The third-order valence-corrected chi connectivity index (χ3v) is 3.05. The van der Waals surface area contributed by atoms with E-state index in [1.807, 2.05) is 5.32 Å². The van der Waals surface area contributed by atoms with Crippen molar-refractivity contribution in [3.05, 3.63) is 23.3 Å². The molecule has 1 rings (SSSR count). The number of aliphatic carboxylic acids is 1. The molecule has 128 valence electrons. The van der Waals surface area contributed by atoms with Gasteiger partial charge >= 0.3 is 12.1 Å². The van der Waals surface area contributed by atoms with Crippen LogP contribution in [0.4, 0.5) is 13.2 Å². The summed E-state index contributed by atoms with van der Waals surface area (Å²) in [7, 11) is 2.71. The van der Waals surface area contributed by atoms with Crippen molar-refractivity contribution in [3.8, 4) is 11.5 Å². The molecule has 0 heterocycles. The Morgan fingerprint density at radius 1 is 1.22 bits per heavy atom. The minimum absolute atomic E-state index is 0.0716. The highest BCUT2D eigenvalue weighted by Crippen LogP contribution is 2.29. The molecule has 0 saturated carbocycles. The third kappa shape index (κ3) is 5.04. The molecule has 6 nitrogen and oxygen atoms in total. The zero-order valence-electron chi connectivity index (χ0n) is 12.7. The van der Waals surface area contributed by atoms with Crippen molar-refractivity contribution in [2.45, 2.75) is 25.6 Å². The van der Waals surface area contributed by atoms with Crippen LogP contribution in [0.3, 0.4) is 0 Å². The van der Waals surface area contributed by atoms with Gasteiger partial charge in [0.25, 0.3) is 5.91 Å². The van der Waals surface area contributed by atoms with E-state index in [0.29, 0.717) is 5.56 Å². The zero-order valence-corrected chi connectivity index (χ0v) is 12.7. The Kier molecular flexibility index (Phi) is 5.83. The van der Waals surface area contributed by atoms with Crippen LogP contribution in [0.25, 0.3) is 0 Å². The molecule has 1 aromatic carbocycles. The van der Waals surface area contributed by atoms with Gasteiger partial charge in [0.2, 0.25) is 0 Å². The van der Waals surface area contributed by atoms with Gasteiger partial charge in [-0.25, -0.2) is 4.79 Å². The Balaban J connectivity index is 3.06. The highest BCUT2D eigenvalue weighted by Gasteiger charge is 2.36. The minimum atomic E-state index is -4.72. The van der Waals surface area contributed by atoms with Crippen LogP contribution in [0.1, 0.15) is 22.3 Å². The zero-order chi connectivity index (χ0) is 17.8. The lowest BCUT2D eigenvalue weighted by molar-refractivity contribution is -0.157. The summed E-state index contributed by atoms with van der Waals surface area (Å²) >= 11 is 0. The molecule has 1 amide bonds. The average Bonchev–Trinajstić information content (AvgIpc) is 2.45. The van der Waals surface area contributed by atoms with E-state index in [2.05, 4.69) is 0 Å². The molecule has 0 bridgehead atoms. The summed E-state index contributed by atoms with van der Waals surface area (Å²) < 4.78 is 47.2. The van der Waals surface area contributed by atoms with Crippen LogP contribution in [-0.4, -0.2) is 43.4 Å². The number of carbonyl (C=O) groups excluding carboxylic acids is 1. The second-order valence-corrected chi connectivity index (χ2v) is 4.69. The van der Waals surface area contributed by atoms with Gasteiger partial charge < -0.3 is 19.9 Å². The van der Waals surface area contributed by atoms with Crippen LogP contribution in [0.2, 0.25) is 0 Å². The standard InChI is InChI=1S/C14H16F3NO5/c1-7-10(22-2)4-8(5-11(7)23-3)12(19)18-9(13(20)21)6-14(15,16)17/h4-5,9H,6H2,1-3H3,(H,18,19)(H,20,21). The van der Waals surface area contributed by atoms with Gasteiger partial charge in [0.1, 0.15) is 17.5 Å². The van der Waals surface area contributed by atoms with Crippen LogP contribution in [-0.2, 0) is 4.79 Å². The number of halogens is 3. The van der Waals surface area contributed by atoms with Crippen LogP contribution in [0.15, 0.2) is 12.1 Å². The molecule has 2 N–H and O–H groups in total. The van der Waals surface area contributed by atoms with Gasteiger partial charge in [-0.05, 0) is 19.1 Å². The van der Waals surface area contributed by atoms with Crippen molar-refractivity contribution < 1.29 is 37.3 Å². The van der Waals surface area contributed by atoms with E-state index >= 15 is 0 Å². The monoisotopic (exact) mass is 335 g/mol. The lowest BCUT2D eigenvalue weighted by Gasteiger charge is -2.17. The van der Waals surface area contributed by atoms with Crippen LogP contribution in [0, 0.1) is 6.92 Å². The first-order valence-corrected chi connectivity index (χ1v) is 6.42. The molecule has 1 unspecified atom stereocenters. The second-order valence-electron chi connectivity index (χ2n) is 4.69. The maximum Gasteiger partial charge on any atom is 0.391 e. The van der Waals surface area contributed by atoms with E-state index < -0.39 is 30.5 Å². The number of rotatable bonds is 6. The Morgan fingerprint density at radius 2 is 1.70 bits per heavy atom. The maximum absolute atomic E-state index is 12.4. The number of hydrogen-bond acceptors (Lipinski definition) is 4. The van der Waals surface area contributed by atoms with Gasteiger partial charge in [-0.2, -0.15) is 13.2 Å². The normalized spacial score (nSPS) is 12.4. The Hall–Kier alpha value is -2.45. The summed E-state index contributed by atoms with van der Waals surface area (Å²) in [5, 5.41) is 10.7. The number of carboxylic acid groups (broad SMARTS) is 1. The number of nitrogens with one attached hydrogen (secondary N) is 1. The second kappa shape index (κ2) is 7.21. The first-order chi connectivity index (χ1) is 10.6. The van der Waals surface area contributed by atoms with Crippen LogP contribution in [0.5, 0.6) is 11.5 Å². The maximum atomic E-state index is 12.4. The lowest BCUT2D eigenvalue weighted by atomic mass is 10.1. The van der Waals surface area contributed by atoms with Crippen LogP contribution >= 0.6 is 0 Å². The fourth-order valence-electron chi connectivity index (χ4n) is 1.89. The molecule has 23 heavy (non-hydrogen) atoms. The Bertz CT molecular complexity index is 576. The van der Waals surface area contributed by atoms with E-state index in [4.69, 9.17) is 14.6 Å². The van der Waals surface area contributed by atoms with Crippen molar-refractivity contribution in [3.63, 3.8) is 0 Å². The quantitative estimate of drug-likeness (QED) is 0.832. The van der Waals surface area contributed by atoms with E-state index in [-0.39, 0.29) is 17.1 Å². The Labute approximate surface area is 130 Å². The molecule has 1 atom stereocenters. The molecular formula is C14H16F3NO5. The fourth-order valence-corrected chi connectivity index (χ4v) is 1.89. The molecule has 0 aliphatic rings. The molecular weight excluding hydrogens is 319 g/mol. The predicted molar refractivity (Wildman–Crippen MR) is 73.8 cm³/mol. The molecule has 0 aliphatic heterocycles. The summed E-state index contributed by atoms with van der Waals surface area (Å²) in [5.74, 6) is -2.17. The Morgan fingerprint density at radius 3 is 2.04 bits per heavy atom. The van der Waals surface area contributed by atoms with Crippen molar-refractivity contribution >= 4 is 11.9 Å². The van der Waals surface area contributed by atoms with E-state index in [9.17, 15) is 22.8 Å². The molecule has 0 spiro atoms. The van der Waals surface area contributed by atoms with Crippen molar-refractivity contribution in [2.24, 2.45) is 0 Å². The van der Waals surface area contributed by atoms with E-state index in [1.165, 1.54) is 26.4 Å². The minimum Gasteiger partial charge on any atom is -0.496 e. The summed E-state index contributed by atoms with van der Waals surface area (Å²) in [6, 6.07) is 0.500. The number of alkyl halides is 3. The molecule has 9 heteroatoms. The summed E-state index contributed by atoms with van der Waals surface area (Å²) in [5.41, 5.74) is 0.523. The largest absolute Gasteiger partial charge is 0.496 e. The number of benzene rings is 1. The van der Waals surface area contributed by atoms with Crippen molar-refractivity contribution in [2.75, 3.05) is 14.2 Å². The predicted octanol–water partition coefficient (Wildman–Crippen LogP) is 2.15. The number of ether oxygens (including phenoxy) is 2. The number of methoxy groups -OCH3 is 2. The van der Waals surface area contributed by atoms with Gasteiger partial charge in [0, 0.05) is 11.1 Å². The molecule has 0 fully saturated rings. The van der Waals surface area contributed by atoms with Crippen molar-refractivity contribution in [1.29, 1.82) is 0 Å². The highest BCUT2D eigenvalue weighted by molar-refractivity contribution is 5.97. The van der Waals surface area contributed by atoms with Gasteiger partial charge in [0.05, 0.1) is 20.6 Å². The lowest BCUT2D eigenvalue weighted by Crippen LogP contribution is -2.43. The van der Waals surface area contributed by atoms with Gasteiger partial charge in [-0.1, -0.05) is 0 Å². The molecule has 1 aromatic rings. The van der Waals surface area contributed by atoms with E-state index in [1.54, 1.807) is 6.92 Å².